The van der Waals surface area contributed by atoms with E-state index in [9.17, 15) is 4.79 Å². The van der Waals surface area contributed by atoms with Crippen molar-refractivity contribution in [3.63, 3.8) is 0 Å². The lowest BCUT2D eigenvalue weighted by molar-refractivity contribution is 0.0602. The summed E-state index contributed by atoms with van der Waals surface area (Å²) in [5, 5.41) is 8.86. The molecule has 0 heterocycles. The Hall–Kier alpha value is -1.75. The Morgan fingerprint density at radius 3 is 2.78 bits per heavy atom. The van der Waals surface area contributed by atoms with Gasteiger partial charge in [0.2, 0.25) is 0 Å². The highest BCUT2D eigenvalue weighted by Crippen LogP contribution is 2.22. The first-order valence-electron chi connectivity index (χ1n) is 5.97. The van der Waals surface area contributed by atoms with E-state index in [1.807, 2.05) is 13.0 Å². The molecule has 0 amide bonds. The zero-order valence-electron chi connectivity index (χ0n) is 10.8. The fourth-order valence-electron chi connectivity index (χ4n) is 1.76. The highest BCUT2D eigenvalue weighted by atomic mass is 16.5. The number of methoxy groups -OCH3 is 1. The van der Waals surface area contributed by atoms with Crippen LogP contribution in [0.5, 0.6) is 0 Å². The number of anilines is 2. The van der Waals surface area contributed by atoms with Crippen molar-refractivity contribution in [2.45, 2.75) is 13.3 Å². The third-order valence-electron chi connectivity index (χ3n) is 2.78. The molecule has 0 spiro atoms. The minimum atomic E-state index is -0.437. The number of nitrogen functional groups attached to an aromatic ring is 1. The molecule has 18 heavy (non-hydrogen) atoms. The van der Waals surface area contributed by atoms with Crippen LogP contribution in [-0.2, 0) is 4.74 Å². The Kier molecular flexibility index (Phi) is 5.45. The molecular formula is C13H20N2O3. The second-order valence-corrected chi connectivity index (χ2v) is 3.92. The van der Waals surface area contributed by atoms with Gasteiger partial charge in [-0.1, -0.05) is 0 Å². The Bertz CT molecular complexity index is 407. The molecule has 0 bridgehead atoms. The van der Waals surface area contributed by atoms with Crippen molar-refractivity contribution in [1.82, 2.24) is 0 Å². The SMILES string of the molecule is CCN(CCCO)c1ccc(N)c(C(=O)OC)c1. The summed E-state index contributed by atoms with van der Waals surface area (Å²) >= 11 is 0. The zero-order chi connectivity index (χ0) is 13.5. The van der Waals surface area contributed by atoms with Crippen LogP contribution in [0.4, 0.5) is 11.4 Å². The standard InChI is InChI=1S/C13H20N2O3/c1-3-15(7-4-8-16)10-5-6-12(14)11(9-10)13(17)18-2/h5-6,9,16H,3-4,7-8,14H2,1-2H3. The molecule has 0 saturated carbocycles. The summed E-state index contributed by atoms with van der Waals surface area (Å²) in [6.45, 7) is 3.70. The molecule has 0 aromatic heterocycles. The number of esters is 1. The van der Waals surface area contributed by atoms with Crippen molar-refractivity contribution < 1.29 is 14.6 Å². The van der Waals surface area contributed by atoms with E-state index in [1.165, 1.54) is 7.11 Å². The van der Waals surface area contributed by atoms with E-state index in [-0.39, 0.29) is 6.61 Å². The highest BCUT2D eigenvalue weighted by molar-refractivity contribution is 5.96. The zero-order valence-corrected chi connectivity index (χ0v) is 10.8. The van der Waals surface area contributed by atoms with Gasteiger partial charge in [-0.2, -0.15) is 0 Å². The second kappa shape index (κ2) is 6.86. The van der Waals surface area contributed by atoms with Gasteiger partial charge >= 0.3 is 5.97 Å². The van der Waals surface area contributed by atoms with Gasteiger partial charge in [-0.25, -0.2) is 4.79 Å². The van der Waals surface area contributed by atoms with Gasteiger partial charge in [0, 0.05) is 31.1 Å². The molecule has 100 valence electrons. The molecular weight excluding hydrogens is 232 g/mol. The number of nitrogens with zero attached hydrogens (tertiary/aromatic N) is 1. The fourth-order valence-corrected chi connectivity index (χ4v) is 1.76. The first-order chi connectivity index (χ1) is 8.63. The van der Waals surface area contributed by atoms with Crippen molar-refractivity contribution in [1.29, 1.82) is 0 Å². The number of hydrogen-bond acceptors (Lipinski definition) is 5. The summed E-state index contributed by atoms with van der Waals surface area (Å²) < 4.78 is 4.69. The molecule has 5 heteroatoms. The number of benzene rings is 1. The lowest BCUT2D eigenvalue weighted by Crippen LogP contribution is -2.25. The van der Waals surface area contributed by atoms with E-state index < -0.39 is 5.97 Å². The summed E-state index contributed by atoms with van der Waals surface area (Å²) in [6.07, 6.45) is 0.686. The van der Waals surface area contributed by atoms with Gasteiger partial charge in [0.05, 0.1) is 12.7 Å². The van der Waals surface area contributed by atoms with Crippen LogP contribution in [-0.4, -0.2) is 37.9 Å². The normalized spacial score (nSPS) is 10.2. The minimum Gasteiger partial charge on any atom is -0.465 e. The molecule has 0 atom stereocenters. The molecule has 1 rings (SSSR count). The molecule has 0 unspecified atom stereocenters. The Morgan fingerprint density at radius 2 is 2.22 bits per heavy atom. The summed E-state index contributed by atoms with van der Waals surface area (Å²) in [5.41, 5.74) is 7.43. The molecule has 0 aliphatic heterocycles. The topological polar surface area (TPSA) is 75.8 Å². The number of aliphatic hydroxyl groups excluding tert-OH is 1. The van der Waals surface area contributed by atoms with Gasteiger partial charge in [0.1, 0.15) is 0 Å². The van der Waals surface area contributed by atoms with Gasteiger partial charge in [0.15, 0.2) is 0 Å². The molecule has 0 fully saturated rings. The predicted molar refractivity (Wildman–Crippen MR) is 71.8 cm³/mol. The molecule has 0 saturated heterocycles. The van der Waals surface area contributed by atoms with E-state index >= 15 is 0 Å². The smallest absolute Gasteiger partial charge is 0.340 e. The number of carbonyl (C=O) groups excluding carboxylic acids is 1. The molecule has 0 radical (unpaired) electrons. The van der Waals surface area contributed by atoms with Crippen LogP contribution in [0, 0.1) is 0 Å². The maximum absolute atomic E-state index is 11.6. The van der Waals surface area contributed by atoms with Crippen LogP contribution < -0.4 is 10.6 Å². The van der Waals surface area contributed by atoms with Gasteiger partial charge in [-0.05, 0) is 31.5 Å². The number of aliphatic hydroxyl groups is 1. The van der Waals surface area contributed by atoms with Crippen LogP contribution in [0.2, 0.25) is 0 Å². The first kappa shape index (κ1) is 14.3. The van der Waals surface area contributed by atoms with E-state index in [4.69, 9.17) is 10.8 Å². The molecule has 5 nitrogen and oxygen atoms in total. The monoisotopic (exact) mass is 252 g/mol. The molecule has 1 aromatic rings. The third kappa shape index (κ3) is 3.37. The van der Waals surface area contributed by atoms with Crippen LogP contribution >= 0.6 is 0 Å². The van der Waals surface area contributed by atoms with Crippen LogP contribution in [0.3, 0.4) is 0 Å². The van der Waals surface area contributed by atoms with Gasteiger partial charge in [-0.15, -0.1) is 0 Å². The number of hydrogen-bond donors (Lipinski definition) is 2. The molecule has 1 aromatic carbocycles. The lowest BCUT2D eigenvalue weighted by atomic mass is 10.1. The predicted octanol–water partition coefficient (Wildman–Crippen LogP) is 1.26. The largest absolute Gasteiger partial charge is 0.465 e. The van der Waals surface area contributed by atoms with Crippen LogP contribution in [0.15, 0.2) is 18.2 Å². The van der Waals surface area contributed by atoms with E-state index in [0.29, 0.717) is 17.7 Å². The summed E-state index contributed by atoms with van der Waals surface area (Å²) in [4.78, 5) is 13.6. The number of nitrogens with two attached hydrogens (primary N) is 1. The van der Waals surface area contributed by atoms with Gasteiger partial charge < -0.3 is 20.5 Å². The maximum atomic E-state index is 11.6. The highest BCUT2D eigenvalue weighted by Gasteiger charge is 2.13. The quantitative estimate of drug-likeness (QED) is 0.589. The van der Waals surface area contributed by atoms with Crippen molar-refractivity contribution in [2.75, 3.05) is 37.4 Å². The summed E-state index contributed by atoms with van der Waals surface area (Å²) in [5.74, 6) is -0.437. The number of ether oxygens (including phenoxy) is 1. The fraction of sp³-hybridized carbons (Fsp3) is 0.462. The van der Waals surface area contributed by atoms with Crippen molar-refractivity contribution in [2.24, 2.45) is 0 Å². The van der Waals surface area contributed by atoms with Crippen molar-refractivity contribution in [3.8, 4) is 0 Å². The minimum absolute atomic E-state index is 0.148. The van der Waals surface area contributed by atoms with Crippen LogP contribution in [0.25, 0.3) is 0 Å². The molecule has 3 N–H and O–H groups in total. The molecule has 0 aliphatic rings. The summed E-state index contributed by atoms with van der Waals surface area (Å²) in [6, 6.07) is 5.29. The van der Waals surface area contributed by atoms with Gasteiger partial charge in [0.25, 0.3) is 0 Å². The van der Waals surface area contributed by atoms with Crippen molar-refractivity contribution in [3.05, 3.63) is 23.8 Å². The average Bonchev–Trinajstić information content (AvgIpc) is 2.40. The van der Waals surface area contributed by atoms with E-state index in [1.54, 1.807) is 12.1 Å². The Balaban J connectivity index is 2.98. The second-order valence-electron chi connectivity index (χ2n) is 3.92. The lowest BCUT2D eigenvalue weighted by Gasteiger charge is -2.23. The van der Waals surface area contributed by atoms with Crippen molar-refractivity contribution >= 4 is 17.3 Å². The van der Waals surface area contributed by atoms with E-state index in [0.717, 1.165) is 18.8 Å². The number of rotatable bonds is 6. The maximum Gasteiger partial charge on any atom is 0.340 e. The Morgan fingerprint density at radius 1 is 1.50 bits per heavy atom. The van der Waals surface area contributed by atoms with Crippen LogP contribution in [0.1, 0.15) is 23.7 Å². The summed E-state index contributed by atoms with van der Waals surface area (Å²) in [7, 11) is 1.33. The number of carbonyl (C=O) groups is 1. The molecule has 0 aliphatic carbocycles. The first-order valence-corrected chi connectivity index (χ1v) is 5.97. The Labute approximate surface area is 107 Å². The van der Waals surface area contributed by atoms with Gasteiger partial charge in [-0.3, -0.25) is 0 Å². The third-order valence-corrected chi connectivity index (χ3v) is 2.78. The average molecular weight is 252 g/mol. The van der Waals surface area contributed by atoms with E-state index in [2.05, 4.69) is 9.64 Å².